The molecule has 0 spiro atoms. The van der Waals surface area contributed by atoms with Crippen molar-refractivity contribution in [2.75, 3.05) is 5.73 Å². The van der Waals surface area contributed by atoms with Gasteiger partial charge in [0.1, 0.15) is 0 Å². The minimum Gasteiger partial charge on any atom is -0.398 e. The van der Waals surface area contributed by atoms with Gasteiger partial charge in [0.15, 0.2) is 0 Å². The summed E-state index contributed by atoms with van der Waals surface area (Å²) in [6.07, 6.45) is 13.4. The zero-order chi connectivity index (χ0) is 23.1. The standard InChI is InChI=1S/C20H22N2.C3H8.C3H6.C2H6/c1-4-6-13(3)17(5-2)15-9-16-11-20(14-7-8-14)22-12-18(16)19(21)10-15;2*1-3-2;1-2/h4-6,9-12,14H,1,7-8,21H2,2-3H3;3H2,1-2H3;3H,1H2,2H3;1-2H3/b13-6-,17-5+;;;. The zero-order valence-corrected chi connectivity index (χ0v) is 20.3. The monoisotopic (exact) mass is 406 g/mol. The fourth-order valence-electron chi connectivity index (χ4n) is 2.95. The van der Waals surface area contributed by atoms with Crippen LogP contribution in [0.2, 0.25) is 0 Å². The number of nitrogens with two attached hydrogens (primary N) is 1. The third-order valence-electron chi connectivity index (χ3n) is 4.28. The minimum absolute atomic E-state index is 0.651. The average Bonchev–Trinajstić information content (AvgIpc) is 3.57. The number of benzene rings is 1. The first kappa shape index (κ1) is 27.4. The Bertz CT molecular complexity index is 852. The van der Waals surface area contributed by atoms with Gasteiger partial charge in [0.2, 0.25) is 0 Å². The van der Waals surface area contributed by atoms with Gasteiger partial charge in [0, 0.05) is 28.9 Å². The lowest BCUT2D eigenvalue weighted by atomic mass is 9.95. The van der Waals surface area contributed by atoms with Crippen LogP contribution in [0.15, 0.2) is 67.4 Å². The second-order valence-electron chi connectivity index (χ2n) is 7.07. The summed E-state index contributed by atoms with van der Waals surface area (Å²) in [4.78, 5) is 4.57. The molecule has 30 heavy (non-hydrogen) atoms. The molecular formula is C28H42N2. The van der Waals surface area contributed by atoms with Crippen LogP contribution >= 0.6 is 0 Å². The van der Waals surface area contributed by atoms with Gasteiger partial charge in [-0.25, -0.2) is 0 Å². The number of anilines is 1. The molecule has 2 aromatic rings. The number of pyridine rings is 1. The maximum absolute atomic E-state index is 6.26. The van der Waals surface area contributed by atoms with E-state index in [9.17, 15) is 0 Å². The van der Waals surface area contributed by atoms with Crippen LogP contribution < -0.4 is 5.73 Å². The molecule has 1 aliphatic rings. The van der Waals surface area contributed by atoms with Crippen LogP contribution in [0.4, 0.5) is 5.69 Å². The fraction of sp³-hybridized carbons (Fsp3) is 0.393. The molecule has 0 aliphatic heterocycles. The predicted octanol–water partition coefficient (Wildman–Crippen LogP) is 8.86. The van der Waals surface area contributed by atoms with Gasteiger partial charge in [0.05, 0.1) is 0 Å². The van der Waals surface area contributed by atoms with E-state index in [2.05, 4.69) is 64.0 Å². The van der Waals surface area contributed by atoms with Crippen molar-refractivity contribution < 1.29 is 0 Å². The number of hydrogen-bond acceptors (Lipinski definition) is 2. The lowest BCUT2D eigenvalue weighted by Gasteiger charge is -2.12. The summed E-state index contributed by atoms with van der Waals surface area (Å²) in [6.45, 7) is 21.4. The summed E-state index contributed by atoms with van der Waals surface area (Å²) in [6, 6.07) is 6.46. The van der Waals surface area contributed by atoms with E-state index >= 15 is 0 Å². The van der Waals surface area contributed by atoms with Crippen LogP contribution in [-0.4, -0.2) is 4.98 Å². The molecule has 1 heterocycles. The van der Waals surface area contributed by atoms with Gasteiger partial charge < -0.3 is 5.73 Å². The number of fused-ring (bicyclic) bond motifs is 1. The van der Waals surface area contributed by atoms with Gasteiger partial charge in [-0.1, -0.05) is 65.0 Å². The van der Waals surface area contributed by atoms with Crippen LogP contribution in [0.5, 0.6) is 0 Å². The van der Waals surface area contributed by atoms with Crippen molar-refractivity contribution in [2.24, 2.45) is 0 Å². The van der Waals surface area contributed by atoms with Crippen molar-refractivity contribution in [3.8, 4) is 0 Å². The molecule has 164 valence electrons. The van der Waals surface area contributed by atoms with Gasteiger partial charge in [0.25, 0.3) is 0 Å². The Labute approximate surface area is 185 Å². The smallest absolute Gasteiger partial charge is 0.0440 e. The molecule has 3 rings (SSSR count). The van der Waals surface area contributed by atoms with Crippen LogP contribution in [0.25, 0.3) is 16.3 Å². The van der Waals surface area contributed by atoms with Gasteiger partial charge in [-0.15, -0.1) is 6.58 Å². The molecule has 1 aromatic heterocycles. The van der Waals surface area contributed by atoms with Crippen molar-refractivity contribution in [1.82, 2.24) is 4.98 Å². The first-order chi connectivity index (χ1) is 14.5. The predicted molar refractivity (Wildman–Crippen MR) is 139 cm³/mol. The lowest BCUT2D eigenvalue weighted by Crippen LogP contribution is -1.95. The molecule has 0 saturated heterocycles. The van der Waals surface area contributed by atoms with E-state index in [0.29, 0.717) is 5.92 Å². The Balaban J connectivity index is 0.000000923. The van der Waals surface area contributed by atoms with Crippen molar-refractivity contribution in [3.63, 3.8) is 0 Å². The van der Waals surface area contributed by atoms with Crippen molar-refractivity contribution in [2.45, 2.75) is 73.6 Å². The van der Waals surface area contributed by atoms with Crippen LogP contribution in [0.3, 0.4) is 0 Å². The third-order valence-corrected chi connectivity index (χ3v) is 4.28. The number of nitrogen functional groups attached to an aromatic ring is 1. The maximum Gasteiger partial charge on any atom is 0.0440 e. The number of allylic oxidation sites excluding steroid dienone is 6. The fourth-order valence-corrected chi connectivity index (χ4v) is 2.95. The molecule has 1 saturated carbocycles. The van der Waals surface area contributed by atoms with E-state index in [1.807, 2.05) is 45.2 Å². The van der Waals surface area contributed by atoms with Crippen LogP contribution in [0.1, 0.15) is 84.9 Å². The Kier molecular flexibility index (Phi) is 13.9. The highest BCUT2D eigenvalue weighted by Gasteiger charge is 2.25. The molecule has 0 bridgehead atoms. The quantitative estimate of drug-likeness (QED) is 0.313. The van der Waals surface area contributed by atoms with Gasteiger partial charge >= 0.3 is 0 Å². The van der Waals surface area contributed by atoms with E-state index in [0.717, 1.165) is 16.6 Å². The first-order valence-electron chi connectivity index (χ1n) is 11.2. The van der Waals surface area contributed by atoms with Crippen LogP contribution in [-0.2, 0) is 0 Å². The summed E-state index contributed by atoms with van der Waals surface area (Å²) in [5, 5.41) is 2.21. The van der Waals surface area contributed by atoms with Gasteiger partial charge in [-0.3, -0.25) is 4.98 Å². The highest BCUT2D eigenvalue weighted by atomic mass is 14.7. The lowest BCUT2D eigenvalue weighted by molar-refractivity contribution is 1.03. The Morgan fingerprint density at radius 3 is 2.17 bits per heavy atom. The number of rotatable bonds is 4. The molecule has 2 nitrogen and oxygen atoms in total. The molecule has 0 unspecified atom stereocenters. The van der Waals surface area contributed by atoms with E-state index in [1.165, 1.54) is 41.5 Å². The normalized spacial score (nSPS) is 13.0. The second kappa shape index (κ2) is 15.3. The minimum atomic E-state index is 0.651. The molecule has 0 atom stereocenters. The SMILES string of the molecule is C=C/C=C(C)\C(=C/C)c1cc(N)c2cnc(C3CC3)cc2c1.C=CC.CC.CCC. The van der Waals surface area contributed by atoms with Crippen molar-refractivity contribution in [1.29, 1.82) is 0 Å². The van der Waals surface area contributed by atoms with E-state index in [-0.39, 0.29) is 0 Å². The molecule has 0 amide bonds. The second-order valence-corrected chi connectivity index (χ2v) is 7.07. The average molecular weight is 407 g/mol. The Hall–Kier alpha value is -2.61. The maximum atomic E-state index is 6.26. The molecule has 2 heteroatoms. The largest absolute Gasteiger partial charge is 0.398 e. The number of aromatic nitrogens is 1. The third kappa shape index (κ3) is 8.41. The van der Waals surface area contributed by atoms with Crippen molar-refractivity contribution >= 4 is 22.0 Å². The highest BCUT2D eigenvalue weighted by molar-refractivity contribution is 5.97. The van der Waals surface area contributed by atoms with E-state index < -0.39 is 0 Å². The van der Waals surface area contributed by atoms with Crippen LogP contribution in [0, 0.1) is 0 Å². The zero-order valence-electron chi connectivity index (χ0n) is 20.3. The van der Waals surface area contributed by atoms with Crippen molar-refractivity contribution in [3.05, 3.63) is 78.7 Å². The summed E-state index contributed by atoms with van der Waals surface area (Å²) >= 11 is 0. The molecule has 0 radical (unpaired) electrons. The first-order valence-corrected chi connectivity index (χ1v) is 11.2. The topological polar surface area (TPSA) is 38.9 Å². The van der Waals surface area contributed by atoms with Gasteiger partial charge in [-0.2, -0.15) is 0 Å². The Morgan fingerprint density at radius 1 is 1.13 bits per heavy atom. The summed E-state index contributed by atoms with van der Waals surface area (Å²) in [5.41, 5.74) is 11.8. The number of nitrogens with zero attached hydrogens (tertiary/aromatic N) is 1. The molecular weight excluding hydrogens is 364 g/mol. The van der Waals surface area contributed by atoms with E-state index in [4.69, 9.17) is 5.73 Å². The molecule has 1 fully saturated rings. The van der Waals surface area contributed by atoms with Gasteiger partial charge in [-0.05, 0) is 73.9 Å². The highest BCUT2D eigenvalue weighted by Crippen LogP contribution is 2.40. The Morgan fingerprint density at radius 2 is 1.70 bits per heavy atom. The van der Waals surface area contributed by atoms with E-state index in [1.54, 1.807) is 6.08 Å². The summed E-state index contributed by atoms with van der Waals surface area (Å²) in [5.74, 6) is 0.651. The molecule has 1 aliphatic carbocycles. The molecule has 2 N–H and O–H groups in total. The number of hydrogen-bond donors (Lipinski definition) is 1. The summed E-state index contributed by atoms with van der Waals surface area (Å²) < 4.78 is 0. The summed E-state index contributed by atoms with van der Waals surface area (Å²) in [7, 11) is 0. The molecule has 1 aromatic carbocycles.